The van der Waals surface area contributed by atoms with Crippen LogP contribution >= 0.6 is 0 Å². The van der Waals surface area contributed by atoms with Crippen LogP contribution in [0.4, 0.5) is 0 Å². The van der Waals surface area contributed by atoms with Crippen LogP contribution < -0.4 is 10.6 Å². The number of hydrogen-bond acceptors (Lipinski definition) is 3. The van der Waals surface area contributed by atoms with Gasteiger partial charge in [0.2, 0.25) is 5.91 Å². The molecule has 5 heteroatoms. The predicted octanol–water partition coefficient (Wildman–Crippen LogP) is 1.10. The van der Waals surface area contributed by atoms with E-state index in [9.17, 15) is 4.79 Å². The summed E-state index contributed by atoms with van der Waals surface area (Å²) in [7, 11) is 0. The van der Waals surface area contributed by atoms with Crippen molar-refractivity contribution < 1.29 is 4.79 Å². The van der Waals surface area contributed by atoms with Crippen LogP contribution in [-0.2, 0) is 17.9 Å². The summed E-state index contributed by atoms with van der Waals surface area (Å²) in [5.74, 6) is 0.997. The zero-order chi connectivity index (χ0) is 14.2. The van der Waals surface area contributed by atoms with Crippen molar-refractivity contribution in [2.75, 3.05) is 13.1 Å². The Labute approximate surface area is 119 Å². The average Bonchev–Trinajstić information content (AvgIpc) is 2.88. The summed E-state index contributed by atoms with van der Waals surface area (Å²) in [5.41, 5.74) is 1.11. The van der Waals surface area contributed by atoms with Crippen molar-refractivity contribution in [3.8, 4) is 0 Å². The van der Waals surface area contributed by atoms with E-state index in [2.05, 4.69) is 20.2 Å². The van der Waals surface area contributed by atoms with Gasteiger partial charge in [-0.3, -0.25) is 4.79 Å². The normalized spacial score (nSPS) is 10.4. The minimum absolute atomic E-state index is 0.0104. The summed E-state index contributed by atoms with van der Waals surface area (Å²) < 4.78 is 2.05. The van der Waals surface area contributed by atoms with Crippen LogP contribution in [0.1, 0.15) is 11.4 Å². The van der Waals surface area contributed by atoms with Gasteiger partial charge in [-0.15, -0.1) is 0 Å². The minimum Gasteiger partial charge on any atom is -0.351 e. The van der Waals surface area contributed by atoms with Gasteiger partial charge < -0.3 is 15.2 Å². The van der Waals surface area contributed by atoms with Crippen LogP contribution in [-0.4, -0.2) is 28.5 Å². The first kappa shape index (κ1) is 14.3. The number of nitrogens with zero attached hydrogens (tertiary/aromatic N) is 2. The molecule has 0 unspecified atom stereocenters. The summed E-state index contributed by atoms with van der Waals surface area (Å²) in [6.07, 6.45) is 3.72. The molecule has 1 heterocycles. The SMILES string of the molecule is Cc1nccn1CCNCC(=O)NCc1ccccc1. The maximum atomic E-state index is 11.7. The third-order valence-corrected chi connectivity index (χ3v) is 3.07. The number of carbonyl (C=O) groups excluding carboxylic acids is 1. The number of nitrogens with one attached hydrogen (secondary N) is 2. The number of benzene rings is 1. The molecule has 0 fully saturated rings. The highest BCUT2D eigenvalue weighted by Gasteiger charge is 2.01. The molecule has 1 aromatic carbocycles. The lowest BCUT2D eigenvalue weighted by Gasteiger charge is -2.08. The quantitative estimate of drug-likeness (QED) is 0.742. The molecule has 0 atom stereocenters. The van der Waals surface area contributed by atoms with Crippen LogP contribution in [0.2, 0.25) is 0 Å². The summed E-state index contributed by atoms with van der Waals surface area (Å²) in [6.45, 7) is 4.43. The molecule has 0 aliphatic heterocycles. The number of aryl methyl sites for hydroxylation is 1. The fourth-order valence-electron chi connectivity index (χ4n) is 1.90. The summed E-state index contributed by atoms with van der Waals surface area (Å²) in [5, 5.41) is 6.01. The Morgan fingerprint density at radius 1 is 1.30 bits per heavy atom. The van der Waals surface area contributed by atoms with Gasteiger partial charge in [0, 0.05) is 32.0 Å². The van der Waals surface area contributed by atoms with Gasteiger partial charge in [-0.1, -0.05) is 30.3 Å². The van der Waals surface area contributed by atoms with Gasteiger partial charge in [-0.05, 0) is 12.5 Å². The molecule has 0 bridgehead atoms. The van der Waals surface area contributed by atoms with Gasteiger partial charge in [-0.25, -0.2) is 4.98 Å². The first-order valence-electron chi connectivity index (χ1n) is 6.75. The predicted molar refractivity (Wildman–Crippen MR) is 78.1 cm³/mol. The zero-order valence-corrected chi connectivity index (χ0v) is 11.7. The van der Waals surface area contributed by atoms with Crippen molar-refractivity contribution >= 4 is 5.91 Å². The maximum Gasteiger partial charge on any atom is 0.234 e. The first-order valence-corrected chi connectivity index (χ1v) is 6.75. The highest BCUT2D eigenvalue weighted by atomic mass is 16.1. The van der Waals surface area contributed by atoms with Crippen molar-refractivity contribution in [3.63, 3.8) is 0 Å². The Morgan fingerprint density at radius 2 is 2.10 bits per heavy atom. The third kappa shape index (κ3) is 4.51. The molecule has 0 spiro atoms. The van der Waals surface area contributed by atoms with Gasteiger partial charge in [0.05, 0.1) is 6.54 Å². The van der Waals surface area contributed by atoms with Crippen LogP contribution in [0.5, 0.6) is 0 Å². The molecule has 5 nitrogen and oxygen atoms in total. The Morgan fingerprint density at radius 3 is 2.80 bits per heavy atom. The summed E-state index contributed by atoms with van der Waals surface area (Å²) >= 11 is 0. The van der Waals surface area contributed by atoms with Gasteiger partial charge >= 0.3 is 0 Å². The van der Waals surface area contributed by atoms with Gasteiger partial charge in [0.1, 0.15) is 5.82 Å². The number of rotatable bonds is 7. The Kier molecular flexibility index (Phi) is 5.32. The second kappa shape index (κ2) is 7.45. The second-order valence-corrected chi connectivity index (χ2v) is 4.61. The van der Waals surface area contributed by atoms with Crippen LogP contribution in [0.15, 0.2) is 42.7 Å². The maximum absolute atomic E-state index is 11.7. The topological polar surface area (TPSA) is 59.0 Å². The standard InChI is InChI=1S/C15H20N4O/c1-13-17-8-10-19(13)9-7-16-12-15(20)18-11-14-5-3-2-4-6-14/h2-6,8,10,16H,7,9,11-12H2,1H3,(H,18,20). The third-order valence-electron chi connectivity index (χ3n) is 3.07. The fourth-order valence-corrected chi connectivity index (χ4v) is 1.90. The summed E-state index contributed by atoms with van der Waals surface area (Å²) in [6, 6.07) is 9.89. The highest BCUT2D eigenvalue weighted by molar-refractivity contribution is 5.77. The van der Waals surface area contributed by atoms with Crippen molar-refractivity contribution in [2.24, 2.45) is 0 Å². The number of aromatic nitrogens is 2. The molecule has 1 aromatic heterocycles. The summed E-state index contributed by atoms with van der Waals surface area (Å²) in [4.78, 5) is 15.8. The molecule has 20 heavy (non-hydrogen) atoms. The lowest BCUT2D eigenvalue weighted by Crippen LogP contribution is -2.34. The molecule has 1 amide bonds. The van der Waals surface area contributed by atoms with Gasteiger partial charge in [-0.2, -0.15) is 0 Å². The lowest BCUT2D eigenvalue weighted by atomic mass is 10.2. The molecule has 2 N–H and O–H groups in total. The largest absolute Gasteiger partial charge is 0.351 e. The molecule has 0 saturated heterocycles. The van der Waals surface area contributed by atoms with Gasteiger partial charge in [0.25, 0.3) is 0 Å². The molecule has 106 valence electrons. The average molecular weight is 272 g/mol. The van der Waals surface area contributed by atoms with E-state index in [0.717, 1.165) is 24.5 Å². The minimum atomic E-state index is 0.0104. The molecule has 0 aliphatic carbocycles. The molecular weight excluding hydrogens is 252 g/mol. The monoisotopic (exact) mass is 272 g/mol. The molecular formula is C15H20N4O. The van der Waals surface area contributed by atoms with Crippen molar-refractivity contribution in [1.82, 2.24) is 20.2 Å². The van der Waals surface area contributed by atoms with Crippen LogP contribution in [0.25, 0.3) is 0 Å². The van der Waals surface area contributed by atoms with Crippen molar-refractivity contribution in [1.29, 1.82) is 0 Å². The van der Waals surface area contributed by atoms with Crippen molar-refractivity contribution in [3.05, 3.63) is 54.1 Å². The lowest BCUT2D eigenvalue weighted by molar-refractivity contribution is -0.120. The van der Waals surface area contributed by atoms with E-state index in [4.69, 9.17) is 0 Å². The van der Waals surface area contributed by atoms with E-state index < -0.39 is 0 Å². The molecule has 0 saturated carbocycles. The van der Waals surface area contributed by atoms with Crippen LogP contribution in [0, 0.1) is 6.92 Å². The Hall–Kier alpha value is -2.14. The van der Waals surface area contributed by atoms with E-state index in [1.165, 1.54) is 0 Å². The smallest absolute Gasteiger partial charge is 0.234 e. The number of amides is 1. The molecule has 0 aliphatic rings. The van der Waals surface area contributed by atoms with E-state index >= 15 is 0 Å². The van der Waals surface area contributed by atoms with E-state index in [1.807, 2.05) is 43.5 Å². The highest BCUT2D eigenvalue weighted by Crippen LogP contribution is 1.96. The Balaban J connectivity index is 1.60. The first-order chi connectivity index (χ1) is 9.75. The molecule has 0 radical (unpaired) electrons. The van der Waals surface area contributed by atoms with E-state index in [1.54, 1.807) is 6.20 Å². The number of carbonyl (C=O) groups is 1. The molecule has 2 aromatic rings. The molecule has 2 rings (SSSR count). The van der Waals surface area contributed by atoms with E-state index in [-0.39, 0.29) is 5.91 Å². The van der Waals surface area contributed by atoms with Crippen molar-refractivity contribution in [2.45, 2.75) is 20.0 Å². The van der Waals surface area contributed by atoms with E-state index in [0.29, 0.717) is 13.1 Å². The van der Waals surface area contributed by atoms with Gasteiger partial charge in [0.15, 0.2) is 0 Å². The number of imidazole rings is 1. The van der Waals surface area contributed by atoms with Crippen LogP contribution in [0.3, 0.4) is 0 Å². The second-order valence-electron chi connectivity index (χ2n) is 4.61. The zero-order valence-electron chi connectivity index (χ0n) is 11.7. The fraction of sp³-hybridized carbons (Fsp3) is 0.333. The number of hydrogen-bond donors (Lipinski definition) is 2. The Bertz CT molecular complexity index is 536.